The third-order valence-corrected chi connectivity index (χ3v) is 4.91. The first-order chi connectivity index (χ1) is 13.9. The van der Waals surface area contributed by atoms with Crippen molar-refractivity contribution in [3.05, 3.63) is 89.7 Å². The van der Waals surface area contributed by atoms with Gasteiger partial charge in [-0.1, -0.05) is 12.1 Å². The maximum Gasteiger partial charge on any atom is 0.229 e. The van der Waals surface area contributed by atoms with Crippen LogP contribution in [-0.2, 0) is 16.4 Å². The average molecular weight is 410 g/mol. The van der Waals surface area contributed by atoms with Crippen molar-refractivity contribution in [3.63, 3.8) is 0 Å². The first-order valence-corrected chi connectivity index (χ1v) is 11.1. The fourth-order valence-corrected chi connectivity index (χ4v) is 3.44. The Labute approximate surface area is 171 Å². The molecule has 29 heavy (non-hydrogen) atoms. The minimum absolute atomic E-state index is 0.00212. The number of Topliss-reactive ketones (excluding diaryl/α,β-unsaturated/α-hetero) is 1. The van der Waals surface area contributed by atoms with Crippen LogP contribution in [-0.4, -0.2) is 32.0 Å². The van der Waals surface area contributed by atoms with Crippen LogP contribution in [0.5, 0.6) is 0 Å². The second-order valence-corrected chi connectivity index (χ2v) is 8.53. The number of carbonyl (C=O) groups excluding carboxylic acids is 1. The first kappa shape index (κ1) is 20.5. The van der Waals surface area contributed by atoms with E-state index in [1.165, 1.54) is 11.1 Å². The second-order valence-electron chi connectivity index (χ2n) is 6.78. The van der Waals surface area contributed by atoms with E-state index in [0.29, 0.717) is 24.2 Å². The highest BCUT2D eigenvalue weighted by Crippen LogP contribution is 2.15. The zero-order valence-electron chi connectivity index (χ0n) is 16.1. The molecular formula is C22H23N3O3S. The zero-order valence-corrected chi connectivity index (χ0v) is 16.9. The summed E-state index contributed by atoms with van der Waals surface area (Å²) >= 11 is 0. The minimum atomic E-state index is -3.32. The van der Waals surface area contributed by atoms with Crippen LogP contribution < -0.4 is 10.0 Å². The number of hydrogen-bond donors (Lipinski definition) is 2. The summed E-state index contributed by atoms with van der Waals surface area (Å²) < 4.78 is 24.8. The SMILES string of the molecule is CS(=O)(=O)Nc1ccc(C(=O)CCNc2ccc(Cc3ccncc3)cc2)cc1. The fourth-order valence-electron chi connectivity index (χ4n) is 2.88. The maximum absolute atomic E-state index is 12.3. The molecule has 0 radical (unpaired) electrons. The topological polar surface area (TPSA) is 88.2 Å². The van der Waals surface area contributed by atoms with Crippen LogP contribution in [0.2, 0.25) is 0 Å². The number of sulfonamides is 1. The van der Waals surface area contributed by atoms with Gasteiger partial charge in [0, 0.05) is 42.3 Å². The van der Waals surface area contributed by atoms with Crippen molar-refractivity contribution in [1.29, 1.82) is 0 Å². The molecule has 0 spiro atoms. The van der Waals surface area contributed by atoms with Gasteiger partial charge in [-0.05, 0) is 66.1 Å². The monoisotopic (exact) mass is 409 g/mol. The minimum Gasteiger partial charge on any atom is -0.385 e. The Hall–Kier alpha value is -3.19. The van der Waals surface area contributed by atoms with Gasteiger partial charge in [0.2, 0.25) is 10.0 Å². The summed E-state index contributed by atoms with van der Waals surface area (Å²) in [5, 5.41) is 3.26. The van der Waals surface area contributed by atoms with Gasteiger partial charge in [0.05, 0.1) is 6.26 Å². The van der Waals surface area contributed by atoms with E-state index in [0.717, 1.165) is 18.4 Å². The molecule has 7 heteroatoms. The van der Waals surface area contributed by atoms with Gasteiger partial charge in [-0.3, -0.25) is 14.5 Å². The van der Waals surface area contributed by atoms with Crippen LogP contribution in [0.4, 0.5) is 11.4 Å². The second kappa shape index (κ2) is 9.34. The number of anilines is 2. The van der Waals surface area contributed by atoms with Crippen LogP contribution in [0, 0.1) is 0 Å². The molecule has 0 fully saturated rings. The molecule has 0 saturated carbocycles. The third kappa shape index (κ3) is 6.73. The molecule has 0 bridgehead atoms. The molecule has 3 aromatic rings. The molecule has 3 rings (SSSR count). The van der Waals surface area contributed by atoms with Gasteiger partial charge in [-0.25, -0.2) is 8.42 Å². The Morgan fingerprint density at radius 2 is 1.45 bits per heavy atom. The molecule has 0 aliphatic rings. The van der Waals surface area contributed by atoms with Gasteiger partial charge < -0.3 is 5.32 Å². The van der Waals surface area contributed by atoms with E-state index in [9.17, 15) is 13.2 Å². The molecule has 1 aromatic heterocycles. The summed E-state index contributed by atoms with van der Waals surface area (Å²) in [5.74, 6) is -0.00212. The lowest BCUT2D eigenvalue weighted by atomic mass is 10.1. The van der Waals surface area contributed by atoms with Crippen LogP contribution in [0.3, 0.4) is 0 Å². The van der Waals surface area contributed by atoms with Crippen molar-refractivity contribution in [3.8, 4) is 0 Å². The maximum atomic E-state index is 12.3. The predicted octanol–water partition coefficient (Wildman–Crippen LogP) is 3.73. The van der Waals surface area contributed by atoms with Crippen molar-refractivity contribution >= 4 is 27.2 Å². The van der Waals surface area contributed by atoms with Gasteiger partial charge >= 0.3 is 0 Å². The third-order valence-electron chi connectivity index (χ3n) is 4.30. The number of carbonyl (C=O) groups is 1. The normalized spacial score (nSPS) is 11.1. The highest BCUT2D eigenvalue weighted by molar-refractivity contribution is 7.92. The van der Waals surface area contributed by atoms with Crippen molar-refractivity contribution in [2.24, 2.45) is 0 Å². The molecule has 0 saturated heterocycles. The zero-order chi connectivity index (χ0) is 20.7. The highest BCUT2D eigenvalue weighted by Gasteiger charge is 2.07. The smallest absolute Gasteiger partial charge is 0.229 e. The van der Waals surface area contributed by atoms with Crippen molar-refractivity contribution in [1.82, 2.24) is 4.98 Å². The van der Waals surface area contributed by atoms with Crippen LogP contribution in [0.1, 0.15) is 27.9 Å². The van der Waals surface area contributed by atoms with E-state index < -0.39 is 10.0 Å². The molecule has 1 heterocycles. The number of hydrogen-bond acceptors (Lipinski definition) is 5. The standard InChI is InChI=1S/C22H23N3O3S/c1-29(27,28)25-21-8-4-19(5-9-21)22(26)12-15-24-20-6-2-17(3-7-20)16-18-10-13-23-14-11-18/h2-11,13-14,24-25H,12,15-16H2,1H3. The Bertz CT molecular complexity index is 1050. The Morgan fingerprint density at radius 3 is 2.07 bits per heavy atom. The summed E-state index contributed by atoms with van der Waals surface area (Å²) in [6, 6.07) is 18.6. The first-order valence-electron chi connectivity index (χ1n) is 9.22. The van der Waals surface area contributed by atoms with Gasteiger partial charge in [0.25, 0.3) is 0 Å². The van der Waals surface area contributed by atoms with E-state index in [1.54, 1.807) is 36.7 Å². The number of nitrogens with one attached hydrogen (secondary N) is 2. The molecule has 2 aromatic carbocycles. The van der Waals surface area contributed by atoms with Crippen LogP contribution in [0.25, 0.3) is 0 Å². The van der Waals surface area contributed by atoms with Crippen molar-refractivity contribution in [2.75, 3.05) is 22.8 Å². The summed E-state index contributed by atoms with van der Waals surface area (Å²) in [5.41, 5.74) is 4.38. The highest BCUT2D eigenvalue weighted by atomic mass is 32.2. The number of benzene rings is 2. The number of pyridine rings is 1. The summed E-state index contributed by atoms with van der Waals surface area (Å²) in [6.07, 6.45) is 5.86. The number of nitrogens with zero attached hydrogens (tertiary/aromatic N) is 1. The molecular weight excluding hydrogens is 386 g/mol. The van der Waals surface area contributed by atoms with Gasteiger partial charge in [0.1, 0.15) is 0 Å². The van der Waals surface area contributed by atoms with Crippen LogP contribution in [0.15, 0.2) is 73.1 Å². The molecule has 0 aliphatic carbocycles. The average Bonchev–Trinajstić information content (AvgIpc) is 2.69. The van der Waals surface area contributed by atoms with E-state index in [-0.39, 0.29) is 5.78 Å². The van der Waals surface area contributed by atoms with E-state index in [1.807, 2.05) is 24.3 Å². The lowest BCUT2D eigenvalue weighted by molar-refractivity contribution is 0.0986. The Balaban J connectivity index is 1.47. The molecule has 0 unspecified atom stereocenters. The van der Waals surface area contributed by atoms with Crippen LogP contribution >= 0.6 is 0 Å². The van der Waals surface area contributed by atoms with Gasteiger partial charge in [-0.15, -0.1) is 0 Å². The molecule has 6 nitrogen and oxygen atoms in total. The molecule has 0 aliphatic heterocycles. The van der Waals surface area contributed by atoms with Crippen molar-refractivity contribution < 1.29 is 13.2 Å². The van der Waals surface area contributed by atoms with Crippen molar-refractivity contribution in [2.45, 2.75) is 12.8 Å². The van der Waals surface area contributed by atoms with Gasteiger partial charge in [-0.2, -0.15) is 0 Å². The number of rotatable bonds is 9. The summed E-state index contributed by atoms with van der Waals surface area (Å²) in [4.78, 5) is 16.3. The fraction of sp³-hybridized carbons (Fsp3) is 0.182. The summed E-state index contributed by atoms with van der Waals surface area (Å²) in [6.45, 7) is 0.520. The van der Waals surface area contributed by atoms with E-state index in [4.69, 9.17) is 0 Å². The lowest BCUT2D eigenvalue weighted by Crippen LogP contribution is -2.11. The molecule has 0 amide bonds. The van der Waals surface area contributed by atoms with E-state index >= 15 is 0 Å². The molecule has 0 atom stereocenters. The largest absolute Gasteiger partial charge is 0.385 e. The quantitative estimate of drug-likeness (QED) is 0.526. The van der Waals surface area contributed by atoms with E-state index in [2.05, 4.69) is 27.2 Å². The number of aromatic nitrogens is 1. The Kier molecular flexibility index (Phi) is 6.61. The lowest BCUT2D eigenvalue weighted by Gasteiger charge is -2.08. The molecule has 150 valence electrons. The Morgan fingerprint density at radius 1 is 0.862 bits per heavy atom. The number of ketones is 1. The predicted molar refractivity (Wildman–Crippen MR) is 116 cm³/mol. The van der Waals surface area contributed by atoms with Gasteiger partial charge in [0.15, 0.2) is 5.78 Å². The molecule has 2 N–H and O–H groups in total. The summed E-state index contributed by atoms with van der Waals surface area (Å²) in [7, 11) is -3.32.